The normalized spacial score (nSPS) is 11.8. The minimum Gasteiger partial charge on any atom is -0.466 e. The molecule has 0 atom stereocenters. The predicted octanol–water partition coefficient (Wildman–Crippen LogP) is 4.14. The van der Waals surface area contributed by atoms with E-state index in [4.69, 9.17) is 16.0 Å². The molecule has 1 N–H and O–H groups in total. The Hall–Kier alpha value is -1.83. The second-order valence-corrected chi connectivity index (χ2v) is 8.22. The maximum absolute atomic E-state index is 12.7. The van der Waals surface area contributed by atoms with E-state index in [2.05, 4.69) is 5.32 Å². The summed E-state index contributed by atoms with van der Waals surface area (Å²) in [4.78, 5) is 12.6. The molecule has 1 aromatic heterocycles. The molecule has 0 saturated heterocycles. The second kappa shape index (κ2) is 7.82. The number of nitrogens with one attached hydrogen (secondary N) is 1. The van der Waals surface area contributed by atoms with Gasteiger partial charge in [0.05, 0.1) is 10.6 Å². The molecule has 0 spiro atoms. The van der Waals surface area contributed by atoms with E-state index in [0.29, 0.717) is 35.9 Å². The second-order valence-electron chi connectivity index (χ2n) is 5.90. The third-order valence-corrected chi connectivity index (χ3v) is 6.83. The van der Waals surface area contributed by atoms with Crippen molar-refractivity contribution in [2.24, 2.45) is 0 Å². The van der Waals surface area contributed by atoms with Gasteiger partial charge in [0.25, 0.3) is 5.91 Å². The van der Waals surface area contributed by atoms with Gasteiger partial charge in [0.2, 0.25) is 10.0 Å². The van der Waals surface area contributed by atoms with Crippen LogP contribution in [0.5, 0.6) is 0 Å². The zero-order valence-electron chi connectivity index (χ0n) is 15.5. The Morgan fingerprint density at radius 3 is 2.27 bits per heavy atom. The summed E-state index contributed by atoms with van der Waals surface area (Å²) in [7, 11) is -3.74. The van der Waals surface area contributed by atoms with E-state index < -0.39 is 10.0 Å². The van der Waals surface area contributed by atoms with E-state index in [1.54, 1.807) is 40.7 Å². The van der Waals surface area contributed by atoms with Crippen molar-refractivity contribution in [2.75, 3.05) is 18.4 Å². The van der Waals surface area contributed by atoms with Crippen LogP contribution >= 0.6 is 11.6 Å². The summed E-state index contributed by atoms with van der Waals surface area (Å²) < 4.78 is 32.3. The number of nitrogens with zero attached hydrogens (tertiary/aromatic N) is 1. The highest BCUT2D eigenvalue weighted by Crippen LogP contribution is 2.29. The number of benzene rings is 1. The lowest BCUT2D eigenvalue weighted by molar-refractivity contribution is 0.102. The zero-order chi connectivity index (χ0) is 19.6. The Bertz CT molecular complexity index is 931. The number of furan rings is 1. The average molecular weight is 399 g/mol. The van der Waals surface area contributed by atoms with Gasteiger partial charge < -0.3 is 9.73 Å². The van der Waals surface area contributed by atoms with Gasteiger partial charge in [-0.2, -0.15) is 4.31 Å². The Morgan fingerprint density at radius 1 is 1.15 bits per heavy atom. The lowest BCUT2D eigenvalue weighted by Gasteiger charge is -2.19. The summed E-state index contributed by atoms with van der Waals surface area (Å²) in [6.07, 6.45) is 0. The first-order chi connectivity index (χ1) is 12.1. The summed E-state index contributed by atoms with van der Waals surface area (Å²) in [5.74, 6) is 0.835. The van der Waals surface area contributed by atoms with E-state index in [1.165, 1.54) is 16.4 Å². The maximum atomic E-state index is 12.7. The Kier molecular flexibility index (Phi) is 6.16. The molecule has 0 aliphatic heterocycles. The number of hydrogen-bond donors (Lipinski definition) is 1. The third kappa shape index (κ3) is 3.79. The van der Waals surface area contributed by atoms with E-state index in [9.17, 15) is 13.2 Å². The van der Waals surface area contributed by atoms with Crippen molar-refractivity contribution < 1.29 is 17.6 Å². The lowest BCUT2D eigenvalue weighted by atomic mass is 10.1. The predicted molar refractivity (Wildman–Crippen MR) is 102 cm³/mol. The monoisotopic (exact) mass is 398 g/mol. The molecule has 0 aliphatic rings. The number of carbonyl (C=O) groups excluding carboxylic acids is 1. The van der Waals surface area contributed by atoms with Gasteiger partial charge in [0.1, 0.15) is 16.4 Å². The van der Waals surface area contributed by atoms with Crippen molar-refractivity contribution in [3.05, 3.63) is 45.9 Å². The number of hydrogen-bond acceptors (Lipinski definition) is 4. The molecular weight excluding hydrogens is 376 g/mol. The number of halogens is 1. The van der Waals surface area contributed by atoms with Gasteiger partial charge >= 0.3 is 0 Å². The highest BCUT2D eigenvalue weighted by atomic mass is 35.5. The Morgan fingerprint density at radius 2 is 1.77 bits per heavy atom. The fraction of sp³-hybridized carbons (Fsp3) is 0.389. The van der Waals surface area contributed by atoms with E-state index >= 15 is 0 Å². The molecular formula is C18H23ClN2O4S. The molecule has 0 bridgehead atoms. The third-order valence-electron chi connectivity index (χ3n) is 4.30. The molecule has 1 aromatic carbocycles. The highest BCUT2D eigenvalue weighted by Gasteiger charge is 2.25. The minimum atomic E-state index is -3.74. The summed E-state index contributed by atoms with van der Waals surface area (Å²) >= 11 is 6.11. The highest BCUT2D eigenvalue weighted by molar-refractivity contribution is 7.89. The van der Waals surface area contributed by atoms with Crippen LogP contribution in [-0.4, -0.2) is 31.7 Å². The van der Waals surface area contributed by atoms with Gasteiger partial charge in [0.15, 0.2) is 0 Å². The van der Waals surface area contributed by atoms with Gasteiger partial charge in [0, 0.05) is 24.3 Å². The number of aryl methyl sites for hydroxylation is 2. The molecule has 1 amide bonds. The van der Waals surface area contributed by atoms with Crippen LogP contribution in [0.4, 0.5) is 5.69 Å². The maximum Gasteiger partial charge on any atom is 0.259 e. The molecule has 2 aromatic rings. The number of rotatable bonds is 6. The Balaban J connectivity index is 2.40. The fourth-order valence-corrected chi connectivity index (χ4v) is 4.76. The van der Waals surface area contributed by atoms with Crippen LogP contribution in [0.15, 0.2) is 27.5 Å². The van der Waals surface area contributed by atoms with Gasteiger partial charge in [-0.3, -0.25) is 4.79 Å². The molecule has 1 heterocycles. The molecule has 0 fully saturated rings. The first-order valence-corrected chi connectivity index (χ1v) is 10.1. The van der Waals surface area contributed by atoms with Crippen molar-refractivity contribution in [1.82, 2.24) is 4.31 Å². The summed E-state index contributed by atoms with van der Waals surface area (Å²) in [5.41, 5.74) is 1.55. The van der Waals surface area contributed by atoms with E-state index in [-0.39, 0.29) is 15.8 Å². The van der Waals surface area contributed by atoms with Crippen LogP contribution in [0.3, 0.4) is 0 Å². The van der Waals surface area contributed by atoms with Crippen molar-refractivity contribution in [2.45, 2.75) is 39.5 Å². The van der Waals surface area contributed by atoms with Crippen LogP contribution in [0, 0.1) is 20.8 Å². The van der Waals surface area contributed by atoms with E-state index in [1.807, 2.05) is 0 Å². The van der Waals surface area contributed by atoms with Crippen LogP contribution < -0.4 is 5.32 Å². The first kappa shape index (κ1) is 20.5. The summed E-state index contributed by atoms with van der Waals surface area (Å²) in [5, 5.41) is 2.84. The average Bonchev–Trinajstić information content (AvgIpc) is 2.82. The lowest BCUT2D eigenvalue weighted by Crippen LogP contribution is -2.30. The number of amides is 1. The molecule has 0 radical (unpaired) electrons. The van der Waals surface area contributed by atoms with Crippen molar-refractivity contribution in [3.8, 4) is 0 Å². The molecule has 6 nitrogen and oxygen atoms in total. The topological polar surface area (TPSA) is 79.6 Å². The van der Waals surface area contributed by atoms with Gasteiger partial charge in [-0.15, -0.1) is 0 Å². The van der Waals surface area contributed by atoms with Gasteiger partial charge in [-0.05, 0) is 39.0 Å². The molecule has 142 valence electrons. The van der Waals surface area contributed by atoms with Crippen molar-refractivity contribution >= 4 is 33.2 Å². The molecule has 8 heteroatoms. The van der Waals surface area contributed by atoms with Gasteiger partial charge in [-0.1, -0.05) is 25.4 Å². The summed E-state index contributed by atoms with van der Waals surface area (Å²) in [6, 6.07) is 4.42. The zero-order valence-corrected chi connectivity index (χ0v) is 17.1. The molecule has 26 heavy (non-hydrogen) atoms. The molecule has 2 rings (SSSR count). The SMILES string of the molecule is CCN(CC)S(=O)(=O)c1cc(NC(=O)c2c(C)oc(C)c2C)ccc1Cl. The molecule has 0 unspecified atom stereocenters. The van der Waals surface area contributed by atoms with Crippen molar-refractivity contribution in [1.29, 1.82) is 0 Å². The van der Waals surface area contributed by atoms with Crippen molar-refractivity contribution in [3.63, 3.8) is 0 Å². The number of sulfonamides is 1. The number of anilines is 1. The van der Waals surface area contributed by atoms with E-state index in [0.717, 1.165) is 5.56 Å². The smallest absolute Gasteiger partial charge is 0.259 e. The summed E-state index contributed by atoms with van der Waals surface area (Å²) in [6.45, 7) is 9.49. The minimum absolute atomic E-state index is 0.0301. The van der Waals surface area contributed by atoms with Crippen LogP contribution in [0.2, 0.25) is 5.02 Å². The van der Waals surface area contributed by atoms with Gasteiger partial charge in [-0.25, -0.2) is 8.42 Å². The number of carbonyl (C=O) groups is 1. The van der Waals surface area contributed by atoms with Crippen LogP contribution in [0.25, 0.3) is 0 Å². The van der Waals surface area contributed by atoms with Crippen LogP contribution in [-0.2, 0) is 10.0 Å². The molecule has 0 saturated carbocycles. The Labute approximate surface area is 159 Å². The first-order valence-electron chi connectivity index (χ1n) is 8.31. The largest absolute Gasteiger partial charge is 0.466 e. The standard InChI is InChI=1S/C18H23ClN2O4S/c1-6-21(7-2)26(23,24)16-10-14(8-9-15(16)19)20-18(22)17-11(3)12(4)25-13(17)5/h8-10H,6-7H2,1-5H3,(H,20,22). The fourth-order valence-electron chi connectivity index (χ4n) is 2.80. The quantitative estimate of drug-likeness (QED) is 0.792. The molecule has 0 aliphatic carbocycles. The van der Waals surface area contributed by atoms with Crippen LogP contribution in [0.1, 0.15) is 41.3 Å².